The van der Waals surface area contributed by atoms with Gasteiger partial charge in [0.2, 0.25) is 0 Å². The van der Waals surface area contributed by atoms with E-state index in [1.807, 2.05) is 44.2 Å². The van der Waals surface area contributed by atoms with Crippen molar-refractivity contribution in [1.29, 1.82) is 0 Å². The first-order valence-corrected chi connectivity index (χ1v) is 2.91. The zero-order valence-electron chi connectivity index (χ0n) is 5.39. The van der Waals surface area contributed by atoms with Crippen molar-refractivity contribution in [3.05, 3.63) is 36.4 Å². The van der Waals surface area contributed by atoms with Gasteiger partial charge < -0.3 is 0 Å². The molecule has 0 saturated heterocycles. The molecule has 1 rings (SSSR count). The van der Waals surface area contributed by atoms with E-state index in [2.05, 4.69) is 6.07 Å². The lowest BCUT2D eigenvalue weighted by Gasteiger charge is -1.68. The van der Waals surface area contributed by atoms with Crippen molar-refractivity contribution >= 4 is 0 Å². The first kappa shape index (κ1) is 7.22. The maximum absolute atomic E-state index is 2.89. The summed E-state index contributed by atoms with van der Waals surface area (Å²) in [5, 5.41) is 0. The van der Waals surface area contributed by atoms with Crippen molar-refractivity contribution < 1.29 is 0 Å². The second kappa shape index (κ2) is 6.22. The minimum Gasteiger partial charge on any atom is -0.0683 e. The molecule has 8 heavy (non-hydrogen) atoms. The normalized spacial score (nSPS) is 6.75. The summed E-state index contributed by atoms with van der Waals surface area (Å²) in [6.45, 7) is 4.00. The van der Waals surface area contributed by atoms with E-state index in [0.717, 1.165) is 0 Å². The summed E-state index contributed by atoms with van der Waals surface area (Å²) >= 11 is 0. The molecule has 0 amide bonds. The van der Waals surface area contributed by atoms with Crippen molar-refractivity contribution in [3.8, 4) is 0 Å². The van der Waals surface area contributed by atoms with Crippen molar-refractivity contribution in [2.45, 2.75) is 13.8 Å². The van der Waals surface area contributed by atoms with E-state index in [4.69, 9.17) is 0 Å². The molecule has 0 heterocycles. The van der Waals surface area contributed by atoms with Gasteiger partial charge in [-0.15, -0.1) is 0 Å². The van der Waals surface area contributed by atoms with Crippen LogP contribution in [0.5, 0.6) is 0 Å². The van der Waals surface area contributed by atoms with E-state index in [1.165, 1.54) is 0 Å². The molecule has 0 aliphatic carbocycles. The van der Waals surface area contributed by atoms with Crippen LogP contribution in [0.3, 0.4) is 0 Å². The third kappa shape index (κ3) is 3.41. The van der Waals surface area contributed by atoms with Crippen molar-refractivity contribution in [2.24, 2.45) is 0 Å². The van der Waals surface area contributed by atoms with Gasteiger partial charge in [-0.25, -0.2) is 0 Å². The Labute approximate surface area is 51.2 Å². The number of benzene rings is 1. The number of rotatable bonds is 0. The van der Waals surface area contributed by atoms with Crippen LogP contribution in [-0.4, -0.2) is 0 Å². The minimum absolute atomic E-state index is 1.88. The molecular weight excluding hydrogens is 96.1 g/mol. The molecule has 0 nitrogen and oxygen atoms in total. The van der Waals surface area contributed by atoms with Crippen molar-refractivity contribution in [2.75, 3.05) is 0 Å². The molecule has 0 bridgehead atoms. The molecule has 0 saturated carbocycles. The molecule has 1 aromatic carbocycles. The van der Waals surface area contributed by atoms with Crippen LogP contribution in [0.2, 0.25) is 0 Å². The Morgan fingerprint density at radius 1 is 0.875 bits per heavy atom. The van der Waals surface area contributed by atoms with E-state index in [9.17, 15) is 0 Å². The van der Waals surface area contributed by atoms with Crippen LogP contribution in [0.1, 0.15) is 13.8 Å². The lowest BCUT2D eigenvalue weighted by molar-refractivity contribution is 1.50. The second-order valence-electron chi connectivity index (χ2n) is 1.08. The van der Waals surface area contributed by atoms with Crippen LogP contribution in [0, 0.1) is 6.07 Å². The topological polar surface area (TPSA) is 0 Å². The van der Waals surface area contributed by atoms with Gasteiger partial charge in [-0.3, -0.25) is 0 Å². The average Bonchev–Trinajstić information content (AvgIpc) is 1.96. The second-order valence-corrected chi connectivity index (χ2v) is 1.08. The van der Waals surface area contributed by atoms with E-state index in [0.29, 0.717) is 0 Å². The highest BCUT2D eigenvalue weighted by molar-refractivity contribution is 4.97. The fraction of sp³-hybridized carbons (Fsp3) is 0.250. The molecule has 0 aliphatic heterocycles. The van der Waals surface area contributed by atoms with Crippen LogP contribution >= 0.6 is 0 Å². The quantitative estimate of drug-likeness (QED) is 0.478. The molecule has 0 unspecified atom stereocenters. The van der Waals surface area contributed by atoms with Gasteiger partial charge in [-0.05, 0) is 6.07 Å². The molecule has 1 aromatic rings. The lowest BCUT2D eigenvalue weighted by atomic mass is 10.4. The summed E-state index contributed by atoms with van der Waals surface area (Å²) in [5.41, 5.74) is 0. The molecule has 0 aliphatic rings. The van der Waals surface area contributed by atoms with Crippen LogP contribution in [-0.2, 0) is 0 Å². The van der Waals surface area contributed by atoms with Crippen LogP contribution < -0.4 is 0 Å². The maximum Gasteiger partial charge on any atom is -0.0184 e. The minimum atomic E-state index is 1.88. The largest absolute Gasteiger partial charge is 0.0683 e. The average molecular weight is 107 g/mol. The standard InChI is InChI=1S/C6H5.C2H6/c1-2-4-6-5-3-1;1-2/h1-5H;1-2H3. The smallest absolute Gasteiger partial charge is 0.0184 e. The summed E-state index contributed by atoms with van der Waals surface area (Å²) in [6.07, 6.45) is 0. The molecule has 43 valence electrons. The first-order chi connectivity index (χ1) is 4.00. The van der Waals surface area contributed by atoms with Gasteiger partial charge in [0.25, 0.3) is 0 Å². The molecule has 0 heteroatoms. The monoisotopic (exact) mass is 107 g/mol. The number of hydrogen-bond donors (Lipinski definition) is 0. The summed E-state index contributed by atoms with van der Waals surface area (Å²) < 4.78 is 0. The van der Waals surface area contributed by atoms with Gasteiger partial charge in [0.1, 0.15) is 0 Å². The fourth-order valence-corrected chi connectivity index (χ4v) is 0.342. The zero-order valence-corrected chi connectivity index (χ0v) is 5.39. The Bertz CT molecular complexity index is 72.0. The van der Waals surface area contributed by atoms with E-state index >= 15 is 0 Å². The fourth-order valence-electron chi connectivity index (χ4n) is 0.342. The molecular formula is C8H11. The Hall–Kier alpha value is -0.780. The van der Waals surface area contributed by atoms with Crippen molar-refractivity contribution in [1.82, 2.24) is 0 Å². The lowest BCUT2D eigenvalue weighted by Crippen LogP contribution is -1.49. The molecule has 0 aromatic heterocycles. The molecule has 0 spiro atoms. The Morgan fingerprint density at radius 2 is 1.38 bits per heavy atom. The zero-order chi connectivity index (χ0) is 6.24. The van der Waals surface area contributed by atoms with Crippen LogP contribution in [0.25, 0.3) is 0 Å². The highest BCUT2D eigenvalue weighted by Crippen LogP contribution is 1.78. The maximum atomic E-state index is 2.89. The third-order valence-corrected chi connectivity index (χ3v) is 0.607. The molecule has 0 atom stereocenters. The predicted molar refractivity (Wildman–Crippen MR) is 36.6 cm³/mol. The molecule has 0 fully saturated rings. The van der Waals surface area contributed by atoms with E-state index in [1.54, 1.807) is 0 Å². The van der Waals surface area contributed by atoms with Gasteiger partial charge in [-0.1, -0.05) is 44.2 Å². The first-order valence-electron chi connectivity index (χ1n) is 2.91. The highest BCUT2D eigenvalue weighted by Gasteiger charge is 1.58. The van der Waals surface area contributed by atoms with Crippen LogP contribution in [0.4, 0.5) is 0 Å². The van der Waals surface area contributed by atoms with Gasteiger partial charge in [0, 0.05) is 0 Å². The summed E-state index contributed by atoms with van der Waals surface area (Å²) in [5.74, 6) is 0. The van der Waals surface area contributed by atoms with Crippen LogP contribution in [0.15, 0.2) is 30.3 Å². The summed E-state index contributed by atoms with van der Waals surface area (Å²) in [6, 6.07) is 12.5. The van der Waals surface area contributed by atoms with E-state index < -0.39 is 0 Å². The summed E-state index contributed by atoms with van der Waals surface area (Å²) in [7, 11) is 0. The molecule has 0 N–H and O–H groups in total. The number of hydrogen-bond acceptors (Lipinski definition) is 0. The Balaban J connectivity index is 0.000000222. The predicted octanol–water partition coefficient (Wildman–Crippen LogP) is 2.51. The Kier molecular flexibility index (Phi) is 5.61. The Morgan fingerprint density at radius 3 is 1.50 bits per heavy atom. The third-order valence-electron chi connectivity index (χ3n) is 0.607. The van der Waals surface area contributed by atoms with Gasteiger partial charge in [-0.2, -0.15) is 0 Å². The van der Waals surface area contributed by atoms with Gasteiger partial charge in [0.15, 0.2) is 0 Å². The van der Waals surface area contributed by atoms with Gasteiger partial charge in [0.05, 0.1) is 0 Å². The molecule has 1 radical (unpaired) electrons. The highest BCUT2D eigenvalue weighted by atomic mass is 13.6. The van der Waals surface area contributed by atoms with E-state index in [-0.39, 0.29) is 0 Å². The summed E-state index contributed by atoms with van der Waals surface area (Å²) in [4.78, 5) is 0. The SMILES string of the molecule is CC.[c]1ccccc1. The van der Waals surface area contributed by atoms with Gasteiger partial charge >= 0.3 is 0 Å². The van der Waals surface area contributed by atoms with Crippen molar-refractivity contribution in [3.63, 3.8) is 0 Å².